The molecule has 2 aliphatic rings. The molecule has 0 nitrogen and oxygen atoms in total. The fourth-order valence-electron chi connectivity index (χ4n) is 3.28. The molecule has 1 aromatic rings. The van der Waals surface area contributed by atoms with Crippen LogP contribution in [0.5, 0.6) is 0 Å². The summed E-state index contributed by atoms with van der Waals surface area (Å²) >= 11 is 0. The Morgan fingerprint density at radius 3 is 2.88 bits per heavy atom. The van der Waals surface area contributed by atoms with E-state index in [9.17, 15) is 0 Å². The molecule has 88 valence electrons. The van der Waals surface area contributed by atoms with E-state index < -0.39 is 0 Å². The van der Waals surface area contributed by atoms with Gasteiger partial charge in [-0.3, -0.25) is 0 Å². The van der Waals surface area contributed by atoms with E-state index in [1.807, 2.05) is 0 Å². The van der Waals surface area contributed by atoms with Gasteiger partial charge in [0.05, 0.1) is 0 Å². The third-order valence-corrected chi connectivity index (χ3v) is 4.28. The third-order valence-electron chi connectivity index (χ3n) is 4.28. The molecule has 0 aromatic heterocycles. The van der Waals surface area contributed by atoms with Gasteiger partial charge in [0.25, 0.3) is 0 Å². The van der Waals surface area contributed by atoms with Gasteiger partial charge in [0.15, 0.2) is 0 Å². The summed E-state index contributed by atoms with van der Waals surface area (Å²) in [5, 5.41) is 0. The van der Waals surface area contributed by atoms with Gasteiger partial charge in [-0.2, -0.15) is 0 Å². The van der Waals surface area contributed by atoms with Gasteiger partial charge in [0, 0.05) is 0 Å². The standard InChI is InChI=1S/C17H20/c1-3-12(2)14-9-6-10-16-15-8-5-4-7-13(15)11-17(14)16/h6,9-10H,2-5,7-8,11H2,1H3. The Labute approximate surface area is 104 Å². The molecule has 0 unspecified atom stereocenters. The number of benzene rings is 1. The first kappa shape index (κ1) is 10.8. The molecular formula is C17H20. The summed E-state index contributed by atoms with van der Waals surface area (Å²) in [5.74, 6) is 0. The smallest absolute Gasteiger partial charge is 0.00490 e. The van der Waals surface area contributed by atoms with Gasteiger partial charge >= 0.3 is 0 Å². The SMILES string of the molecule is C=C(CC)c1cccc2c1CC1=C2CCCC1. The predicted octanol–water partition coefficient (Wildman–Crippen LogP) is 4.99. The lowest BCUT2D eigenvalue weighted by molar-refractivity contribution is 0.711. The highest BCUT2D eigenvalue weighted by atomic mass is 14.3. The first-order valence-corrected chi connectivity index (χ1v) is 6.82. The van der Waals surface area contributed by atoms with Crippen LogP contribution in [-0.2, 0) is 6.42 Å². The highest BCUT2D eigenvalue weighted by Crippen LogP contribution is 2.43. The van der Waals surface area contributed by atoms with Crippen LogP contribution < -0.4 is 0 Å². The van der Waals surface area contributed by atoms with Crippen LogP contribution in [0.2, 0.25) is 0 Å². The Balaban J connectivity index is 2.08. The molecule has 2 aliphatic carbocycles. The van der Waals surface area contributed by atoms with Gasteiger partial charge in [-0.15, -0.1) is 0 Å². The zero-order chi connectivity index (χ0) is 11.8. The normalized spacial score (nSPS) is 17.9. The van der Waals surface area contributed by atoms with Gasteiger partial charge < -0.3 is 0 Å². The molecule has 0 atom stereocenters. The Kier molecular flexibility index (Phi) is 2.66. The molecule has 0 bridgehead atoms. The zero-order valence-corrected chi connectivity index (χ0v) is 10.7. The molecular weight excluding hydrogens is 204 g/mol. The molecule has 3 rings (SSSR count). The molecule has 17 heavy (non-hydrogen) atoms. The van der Waals surface area contributed by atoms with Crippen LogP contribution in [0, 0.1) is 0 Å². The minimum atomic E-state index is 1.06. The topological polar surface area (TPSA) is 0 Å². The molecule has 0 saturated heterocycles. The Bertz CT molecular complexity index is 503. The second-order valence-electron chi connectivity index (χ2n) is 5.25. The maximum absolute atomic E-state index is 4.22. The van der Waals surface area contributed by atoms with Crippen molar-refractivity contribution in [2.75, 3.05) is 0 Å². The van der Waals surface area contributed by atoms with Crippen LogP contribution in [0.4, 0.5) is 0 Å². The number of hydrogen-bond donors (Lipinski definition) is 0. The average molecular weight is 224 g/mol. The van der Waals surface area contributed by atoms with Crippen molar-refractivity contribution in [3.63, 3.8) is 0 Å². The average Bonchev–Trinajstić information content (AvgIpc) is 2.76. The van der Waals surface area contributed by atoms with E-state index in [0.29, 0.717) is 0 Å². The molecule has 0 saturated carbocycles. The van der Waals surface area contributed by atoms with Crippen LogP contribution in [0.25, 0.3) is 11.1 Å². The first-order valence-electron chi connectivity index (χ1n) is 6.82. The molecule has 0 spiro atoms. The van der Waals surface area contributed by atoms with Crippen molar-refractivity contribution in [3.8, 4) is 0 Å². The first-order chi connectivity index (χ1) is 8.31. The van der Waals surface area contributed by atoms with Gasteiger partial charge in [-0.25, -0.2) is 0 Å². The summed E-state index contributed by atoms with van der Waals surface area (Å²) in [7, 11) is 0. The fraction of sp³-hybridized carbons (Fsp3) is 0.412. The lowest BCUT2D eigenvalue weighted by atomic mass is 9.91. The van der Waals surface area contributed by atoms with Crippen molar-refractivity contribution < 1.29 is 0 Å². The Morgan fingerprint density at radius 1 is 1.24 bits per heavy atom. The largest absolute Gasteiger partial charge is 0.0952 e. The van der Waals surface area contributed by atoms with E-state index in [4.69, 9.17) is 0 Å². The summed E-state index contributed by atoms with van der Waals surface area (Å²) < 4.78 is 0. The van der Waals surface area contributed by atoms with E-state index >= 15 is 0 Å². The van der Waals surface area contributed by atoms with E-state index in [-0.39, 0.29) is 0 Å². The second kappa shape index (κ2) is 4.18. The van der Waals surface area contributed by atoms with Crippen LogP contribution in [0.3, 0.4) is 0 Å². The molecule has 0 heterocycles. The van der Waals surface area contributed by atoms with E-state index in [0.717, 1.165) is 6.42 Å². The number of hydrogen-bond acceptors (Lipinski definition) is 0. The summed E-state index contributed by atoms with van der Waals surface area (Å²) in [6.45, 7) is 6.42. The second-order valence-corrected chi connectivity index (χ2v) is 5.25. The molecule has 0 radical (unpaired) electrons. The van der Waals surface area contributed by atoms with Gasteiger partial charge in [-0.1, -0.05) is 37.3 Å². The van der Waals surface area contributed by atoms with Crippen molar-refractivity contribution in [2.24, 2.45) is 0 Å². The summed E-state index contributed by atoms with van der Waals surface area (Å²) in [6.07, 6.45) is 7.63. The molecule has 1 aromatic carbocycles. The monoisotopic (exact) mass is 224 g/mol. The zero-order valence-electron chi connectivity index (χ0n) is 10.7. The van der Waals surface area contributed by atoms with Crippen molar-refractivity contribution in [1.82, 2.24) is 0 Å². The lowest BCUT2D eigenvalue weighted by Crippen LogP contribution is -1.93. The third kappa shape index (κ3) is 1.67. The van der Waals surface area contributed by atoms with Crippen LogP contribution in [0.15, 0.2) is 30.4 Å². The lowest BCUT2D eigenvalue weighted by Gasteiger charge is -2.14. The number of rotatable bonds is 2. The van der Waals surface area contributed by atoms with Crippen LogP contribution in [0.1, 0.15) is 55.7 Å². The maximum Gasteiger partial charge on any atom is -0.00490 e. The van der Waals surface area contributed by atoms with E-state index in [1.165, 1.54) is 48.8 Å². The van der Waals surface area contributed by atoms with Crippen molar-refractivity contribution in [1.29, 1.82) is 0 Å². The van der Waals surface area contributed by atoms with Crippen molar-refractivity contribution in [2.45, 2.75) is 45.4 Å². The van der Waals surface area contributed by atoms with Gasteiger partial charge in [-0.05, 0) is 66.4 Å². The van der Waals surface area contributed by atoms with Gasteiger partial charge in [0.2, 0.25) is 0 Å². The van der Waals surface area contributed by atoms with Crippen molar-refractivity contribution in [3.05, 3.63) is 47.0 Å². The maximum atomic E-state index is 4.22. The predicted molar refractivity (Wildman–Crippen MR) is 74.9 cm³/mol. The van der Waals surface area contributed by atoms with Crippen molar-refractivity contribution >= 4 is 11.1 Å². The fourth-order valence-corrected chi connectivity index (χ4v) is 3.28. The minimum Gasteiger partial charge on any atom is -0.0952 e. The molecule has 0 N–H and O–H groups in total. The molecule has 0 fully saturated rings. The van der Waals surface area contributed by atoms with Gasteiger partial charge in [0.1, 0.15) is 0 Å². The molecule has 0 heteroatoms. The molecule has 0 amide bonds. The van der Waals surface area contributed by atoms with Crippen LogP contribution >= 0.6 is 0 Å². The highest BCUT2D eigenvalue weighted by molar-refractivity contribution is 5.82. The molecule has 0 aliphatic heterocycles. The van der Waals surface area contributed by atoms with E-state index in [2.05, 4.69) is 31.7 Å². The highest BCUT2D eigenvalue weighted by Gasteiger charge is 2.25. The summed E-state index contributed by atoms with van der Waals surface area (Å²) in [5.41, 5.74) is 9.18. The Morgan fingerprint density at radius 2 is 2.06 bits per heavy atom. The Hall–Kier alpha value is -1.30. The summed E-state index contributed by atoms with van der Waals surface area (Å²) in [6, 6.07) is 6.78. The van der Waals surface area contributed by atoms with E-state index in [1.54, 1.807) is 16.7 Å². The number of allylic oxidation sites excluding steroid dienone is 3. The number of fused-ring (bicyclic) bond motifs is 2. The van der Waals surface area contributed by atoms with Crippen LogP contribution in [-0.4, -0.2) is 0 Å². The minimum absolute atomic E-state index is 1.06. The quantitative estimate of drug-likeness (QED) is 0.663. The summed E-state index contributed by atoms with van der Waals surface area (Å²) in [4.78, 5) is 0.